The van der Waals surface area contributed by atoms with Crippen LogP contribution in [-0.4, -0.2) is 48.3 Å². The number of benzene rings is 1. The molecule has 2 heterocycles. The number of thiocarbonyl (C=S) groups is 1. The number of hydrogen-bond acceptors (Lipinski definition) is 5. The largest absolute Gasteiger partial charge is 0.368 e. The summed E-state index contributed by atoms with van der Waals surface area (Å²) in [5.41, 5.74) is 1.25. The lowest BCUT2D eigenvalue weighted by atomic mass is 10.2. The van der Waals surface area contributed by atoms with Crippen LogP contribution in [0.3, 0.4) is 0 Å². The maximum atomic E-state index is 6.13. The topological polar surface area (TPSA) is 56.3 Å². The van der Waals surface area contributed by atoms with Crippen molar-refractivity contribution in [2.45, 2.75) is 0 Å². The number of halogens is 1. The Morgan fingerprint density at radius 2 is 1.75 bits per heavy atom. The zero-order valence-corrected chi connectivity index (χ0v) is 14.9. The van der Waals surface area contributed by atoms with Gasteiger partial charge in [-0.25, -0.2) is 4.98 Å². The van der Waals surface area contributed by atoms with Crippen LogP contribution in [0.5, 0.6) is 0 Å². The summed E-state index contributed by atoms with van der Waals surface area (Å²) >= 11 is 11.2. The highest BCUT2D eigenvalue weighted by Crippen LogP contribution is 2.22. The molecule has 1 aromatic heterocycles. The van der Waals surface area contributed by atoms with E-state index in [9.17, 15) is 0 Å². The predicted octanol–water partition coefficient (Wildman–Crippen LogP) is 2.37. The van der Waals surface area contributed by atoms with Gasteiger partial charge in [-0.2, -0.15) is 4.98 Å². The lowest BCUT2D eigenvalue weighted by molar-refractivity contribution is 0.647. The van der Waals surface area contributed by atoms with Crippen LogP contribution >= 0.6 is 23.8 Å². The van der Waals surface area contributed by atoms with E-state index in [4.69, 9.17) is 23.8 Å². The summed E-state index contributed by atoms with van der Waals surface area (Å²) in [7, 11) is 1.74. The third kappa shape index (κ3) is 4.04. The van der Waals surface area contributed by atoms with Gasteiger partial charge in [0.1, 0.15) is 11.0 Å². The van der Waals surface area contributed by atoms with Crippen LogP contribution in [0.2, 0.25) is 5.15 Å². The second-order valence-corrected chi connectivity index (χ2v) is 6.18. The van der Waals surface area contributed by atoms with E-state index < -0.39 is 0 Å². The first-order valence-corrected chi connectivity index (χ1v) is 8.52. The maximum Gasteiger partial charge on any atom is 0.232 e. The van der Waals surface area contributed by atoms with Gasteiger partial charge in [-0.15, -0.1) is 0 Å². The van der Waals surface area contributed by atoms with Gasteiger partial charge in [0.25, 0.3) is 0 Å². The number of nitrogens with one attached hydrogen (secondary N) is 2. The first kappa shape index (κ1) is 16.7. The van der Waals surface area contributed by atoms with Crippen LogP contribution in [-0.2, 0) is 0 Å². The van der Waals surface area contributed by atoms with E-state index >= 15 is 0 Å². The van der Waals surface area contributed by atoms with Crippen LogP contribution < -0.4 is 20.4 Å². The number of rotatable bonds is 3. The number of anilines is 3. The monoisotopic (exact) mass is 362 g/mol. The molecular formula is C16H19ClN6S. The first-order valence-electron chi connectivity index (χ1n) is 7.74. The maximum absolute atomic E-state index is 6.13. The van der Waals surface area contributed by atoms with E-state index in [0.717, 1.165) is 32.0 Å². The molecule has 1 saturated heterocycles. The number of para-hydroxylation sites is 1. The predicted molar refractivity (Wildman–Crippen MR) is 103 cm³/mol. The summed E-state index contributed by atoms with van der Waals surface area (Å²) in [4.78, 5) is 13.3. The molecule has 2 aromatic rings. The zero-order chi connectivity index (χ0) is 16.9. The normalized spacial score (nSPS) is 14.4. The third-order valence-corrected chi connectivity index (χ3v) is 4.36. The van der Waals surface area contributed by atoms with Gasteiger partial charge >= 0.3 is 0 Å². The van der Waals surface area contributed by atoms with Crippen LogP contribution in [0.15, 0.2) is 36.4 Å². The zero-order valence-electron chi connectivity index (χ0n) is 13.4. The Morgan fingerprint density at radius 3 is 2.42 bits per heavy atom. The average molecular weight is 363 g/mol. The average Bonchev–Trinajstić information content (AvgIpc) is 2.62. The minimum atomic E-state index is 0.395. The van der Waals surface area contributed by atoms with Gasteiger partial charge < -0.3 is 20.4 Å². The molecule has 0 spiro atoms. The van der Waals surface area contributed by atoms with Crippen molar-refractivity contribution in [3.05, 3.63) is 41.6 Å². The molecule has 1 aliphatic rings. The van der Waals surface area contributed by atoms with E-state index in [1.807, 2.05) is 6.07 Å². The van der Waals surface area contributed by atoms with Crippen LogP contribution in [0, 0.1) is 0 Å². The Kier molecular flexibility index (Phi) is 5.32. The number of nitrogens with zero attached hydrogens (tertiary/aromatic N) is 4. The molecular weight excluding hydrogens is 344 g/mol. The fourth-order valence-electron chi connectivity index (χ4n) is 2.62. The number of aromatic nitrogens is 2. The summed E-state index contributed by atoms with van der Waals surface area (Å²) in [6.45, 7) is 3.61. The third-order valence-electron chi connectivity index (χ3n) is 3.86. The summed E-state index contributed by atoms with van der Waals surface area (Å²) in [5, 5.41) is 6.61. The Morgan fingerprint density at radius 1 is 1.08 bits per heavy atom. The highest BCUT2D eigenvalue weighted by Gasteiger charge is 2.19. The fraction of sp³-hybridized carbons (Fsp3) is 0.312. The minimum Gasteiger partial charge on any atom is -0.368 e. The van der Waals surface area contributed by atoms with Crippen molar-refractivity contribution >= 4 is 46.4 Å². The Labute approximate surface area is 151 Å². The van der Waals surface area contributed by atoms with Crippen molar-refractivity contribution in [1.29, 1.82) is 0 Å². The van der Waals surface area contributed by atoms with E-state index in [0.29, 0.717) is 16.2 Å². The van der Waals surface area contributed by atoms with Gasteiger partial charge in [0.05, 0.1) is 0 Å². The molecule has 0 bridgehead atoms. The summed E-state index contributed by atoms with van der Waals surface area (Å²) < 4.78 is 0. The highest BCUT2D eigenvalue weighted by molar-refractivity contribution is 7.80. The Hall–Kier alpha value is -2.12. The molecule has 8 heteroatoms. The van der Waals surface area contributed by atoms with Gasteiger partial charge in [-0.05, 0) is 24.4 Å². The van der Waals surface area contributed by atoms with E-state index in [1.165, 1.54) is 5.69 Å². The molecule has 0 aliphatic carbocycles. The van der Waals surface area contributed by atoms with Gasteiger partial charge in [0.2, 0.25) is 5.95 Å². The molecule has 0 saturated carbocycles. The molecule has 6 nitrogen and oxygen atoms in total. The van der Waals surface area contributed by atoms with Crippen molar-refractivity contribution in [3.63, 3.8) is 0 Å². The Bertz CT molecular complexity index is 703. The summed E-state index contributed by atoms with van der Waals surface area (Å²) in [5.74, 6) is 1.21. The van der Waals surface area contributed by atoms with E-state index in [2.05, 4.69) is 54.7 Å². The highest BCUT2D eigenvalue weighted by atomic mass is 35.5. The molecule has 0 atom stereocenters. The molecule has 126 valence electrons. The van der Waals surface area contributed by atoms with Gasteiger partial charge in [-0.3, -0.25) is 0 Å². The quantitative estimate of drug-likeness (QED) is 0.642. The second-order valence-electron chi connectivity index (χ2n) is 5.39. The molecule has 1 fully saturated rings. The van der Waals surface area contributed by atoms with E-state index in [-0.39, 0.29) is 0 Å². The SMILES string of the molecule is CNC(=S)Nc1nc(Cl)cc(N2CCN(c3ccccc3)CC2)n1. The molecule has 1 aliphatic heterocycles. The number of hydrogen-bond donors (Lipinski definition) is 2. The lowest BCUT2D eigenvalue weighted by Crippen LogP contribution is -2.46. The fourth-order valence-corrected chi connectivity index (χ4v) is 2.89. The molecule has 2 N–H and O–H groups in total. The smallest absolute Gasteiger partial charge is 0.232 e. The van der Waals surface area contributed by atoms with Gasteiger partial charge in [-0.1, -0.05) is 29.8 Å². The molecule has 0 radical (unpaired) electrons. The number of piperazine rings is 1. The lowest BCUT2D eigenvalue weighted by Gasteiger charge is -2.36. The minimum absolute atomic E-state index is 0.395. The van der Waals surface area contributed by atoms with Crippen molar-refractivity contribution < 1.29 is 0 Å². The molecule has 0 amide bonds. The molecule has 24 heavy (non-hydrogen) atoms. The summed E-state index contributed by atoms with van der Waals surface area (Å²) in [6.07, 6.45) is 0. The van der Waals surface area contributed by atoms with Crippen molar-refractivity contribution in [2.75, 3.05) is 48.3 Å². The van der Waals surface area contributed by atoms with E-state index in [1.54, 1.807) is 13.1 Å². The van der Waals surface area contributed by atoms with Gasteiger partial charge in [0, 0.05) is 45.0 Å². The van der Waals surface area contributed by atoms with Crippen molar-refractivity contribution in [3.8, 4) is 0 Å². The Balaban J connectivity index is 1.69. The standard InChI is InChI=1S/C16H19ClN6S/c1-18-16(24)21-15-19-13(17)11-14(20-15)23-9-7-22(8-10-23)12-5-3-2-4-6-12/h2-6,11H,7-10H2,1H3,(H2,18,19,20,21,24). The molecule has 1 aromatic carbocycles. The molecule has 0 unspecified atom stereocenters. The van der Waals surface area contributed by atoms with Crippen LogP contribution in [0.25, 0.3) is 0 Å². The van der Waals surface area contributed by atoms with Crippen LogP contribution in [0.1, 0.15) is 0 Å². The first-order chi connectivity index (χ1) is 11.7. The van der Waals surface area contributed by atoms with Gasteiger partial charge in [0.15, 0.2) is 5.11 Å². The van der Waals surface area contributed by atoms with Crippen LogP contribution in [0.4, 0.5) is 17.5 Å². The second kappa shape index (κ2) is 7.63. The summed E-state index contributed by atoms with van der Waals surface area (Å²) in [6, 6.07) is 12.2. The molecule has 3 rings (SSSR count). The van der Waals surface area contributed by atoms with Crippen molar-refractivity contribution in [2.24, 2.45) is 0 Å². The van der Waals surface area contributed by atoms with Crippen molar-refractivity contribution in [1.82, 2.24) is 15.3 Å².